The number of allylic oxidation sites excluding steroid dienone is 1. The van der Waals surface area contributed by atoms with Crippen molar-refractivity contribution in [2.24, 2.45) is 0 Å². The number of carbonyl (C=O) groups excluding carboxylic acids is 1. The number of anilines is 1. The summed E-state index contributed by atoms with van der Waals surface area (Å²) in [5, 5.41) is 4.98. The first-order chi connectivity index (χ1) is 14.4. The lowest BCUT2D eigenvalue weighted by Gasteiger charge is -2.11. The summed E-state index contributed by atoms with van der Waals surface area (Å²) in [5.41, 5.74) is 5.21. The molecule has 2 aromatic heterocycles. The van der Waals surface area contributed by atoms with E-state index in [9.17, 15) is 4.79 Å². The molecule has 0 spiro atoms. The summed E-state index contributed by atoms with van der Waals surface area (Å²) in [6.45, 7) is 10.3. The third kappa shape index (κ3) is 3.83. The molecule has 0 aliphatic heterocycles. The number of fused-ring (bicyclic) bond motifs is 2. The highest BCUT2D eigenvalue weighted by molar-refractivity contribution is 7.18. The first-order valence-electron chi connectivity index (χ1n) is 9.89. The van der Waals surface area contributed by atoms with Crippen LogP contribution in [0.15, 0.2) is 40.8 Å². The van der Waals surface area contributed by atoms with Crippen LogP contribution in [-0.4, -0.2) is 17.5 Å². The van der Waals surface area contributed by atoms with Crippen LogP contribution in [0, 0.1) is 20.8 Å². The van der Waals surface area contributed by atoms with Crippen molar-refractivity contribution in [3.8, 4) is 5.75 Å². The minimum atomic E-state index is -0.193. The van der Waals surface area contributed by atoms with Crippen molar-refractivity contribution >= 4 is 49.7 Å². The van der Waals surface area contributed by atoms with Gasteiger partial charge in [0.25, 0.3) is 0 Å². The van der Waals surface area contributed by atoms with Gasteiger partial charge >= 0.3 is 0 Å². The lowest BCUT2D eigenvalue weighted by molar-refractivity contribution is -0.111. The maximum atomic E-state index is 12.7. The number of carbonyl (C=O) groups is 1. The van der Waals surface area contributed by atoms with Gasteiger partial charge in [0.05, 0.1) is 21.8 Å². The zero-order chi connectivity index (χ0) is 21.4. The van der Waals surface area contributed by atoms with Gasteiger partial charge in [-0.05, 0) is 70.0 Å². The number of hydrogen-bond donors (Lipinski definition) is 1. The van der Waals surface area contributed by atoms with Crippen LogP contribution in [0.5, 0.6) is 5.75 Å². The minimum absolute atomic E-state index is 0.193. The van der Waals surface area contributed by atoms with E-state index in [4.69, 9.17) is 9.15 Å². The summed E-state index contributed by atoms with van der Waals surface area (Å²) in [6.07, 6.45) is 1.60. The zero-order valence-corrected chi connectivity index (χ0v) is 18.6. The van der Waals surface area contributed by atoms with Gasteiger partial charge < -0.3 is 14.5 Å². The Bertz CT molecular complexity index is 1300. The molecule has 4 aromatic rings. The molecule has 154 valence electrons. The molecule has 2 aromatic carbocycles. The van der Waals surface area contributed by atoms with E-state index in [2.05, 4.69) is 10.3 Å². The standard InChI is InChI=1S/C24H24N2O3S/c1-6-28-21-12-22-19(14(3)15(4)29-22)11-18(21)13(2)9-24(27)26-17-7-8-23-20(10-17)25-16(5)30-23/h7-12H,6H2,1-5H3,(H,26,27)/b13-9+. The predicted octanol–water partition coefficient (Wildman–Crippen LogP) is 6.41. The van der Waals surface area contributed by atoms with E-state index in [1.165, 1.54) is 0 Å². The monoisotopic (exact) mass is 420 g/mol. The Morgan fingerprint density at radius 3 is 2.80 bits per heavy atom. The van der Waals surface area contributed by atoms with Crippen LogP contribution in [0.2, 0.25) is 0 Å². The van der Waals surface area contributed by atoms with Gasteiger partial charge in [-0.3, -0.25) is 4.79 Å². The van der Waals surface area contributed by atoms with Crippen molar-refractivity contribution in [2.75, 3.05) is 11.9 Å². The summed E-state index contributed by atoms with van der Waals surface area (Å²) < 4.78 is 12.8. The second-order valence-electron chi connectivity index (χ2n) is 7.29. The average molecular weight is 421 g/mol. The molecule has 6 heteroatoms. The summed E-state index contributed by atoms with van der Waals surface area (Å²) in [7, 11) is 0. The van der Waals surface area contributed by atoms with E-state index in [1.54, 1.807) is 17.4 Å². The molecule has 0 saturated heterocycles. The van der Waals surface area contributed by atoms with Crippen LogP contribution in [0.25, 0.3) is 26.8 Å². The van der Waals surface area contributed by atoms with Crippen LogP contribution in [0.4, 0.5) is 5.69 Å². The number of hydrogen-bond acceptors (Lipinski definition) is 5. The van der Waals surface area contributed by atoms with E-state index in [-0.39, 0.29) is 5.91 Å². The van der Waals surface area contributed by atoms with Crippen LogP contribution in [0.1, 0.15) is 35.7 Å². The fourth-order valence-electron chi connectivity index (χ4n) is 3.53. The van der Waals surface area contributed by atoms with Gasteiger partial charge in [-0.15, -0.1) is 11.3 Å². The van der Waals surface area contributed by atoms with Crippen LogP contribution in [0.3, 0.4) is 0 Å². The number of amides is 1. The summed E-state index contributed by atoms with van der Waals surface area (Å²) in [4.78, 5) is 17.2. The van der Waals surface area contributed by atoms with E-state index in [0.29, 0.717) is 12.4 Å². The molecule has 0 aliphatic carbocycles. The summed E-state index contributed by atoms with van der Waals surface area (Å²) >= 11 is 1.64. The SMILES string of the molecule is CCOc1cc2oc(C)c(C)c2cc1/C(C)=C/C(=O)Nc1ccc2sc(C)nc2c1. The molecule has 0 fully saturated rings. The van der Waals surface area contributed by atoms with Crippen LogP contribution < -0.4 is 10.1 Å². The number of rotatable bonds is 5. The Labute approximate surface area is 179 Å². The van der Waals surface area contributed by atoms with Crippen molar-refractivity contribution in [2.45, 2.75) is 34.6 Å². The van der Waals surface area contributed by atoms with E-state index < -0.39 is 0 Å². The van der Waals surface area contributed by atoms with Crippen molar-refractivity contribution in [3.05, 3.63) is 58.3 Å². The predicted molar refractivity (Wildman–Crippen MR) is 123 cm³/mol. The Balaban J connectivity index is 1.65. The number of nitrogens with one attached hydrogen (secondary N) is 1. The molecule has 30 heavy (non-hydrogen) atoms. The van der Waals surface area contributed by atoms with Crippen LogP contribution in [-0.2, 0) is 4.79 Å². The molecule has 1 N–H and O–H groups in total. The Morgan fingerprint density at radius 2 is 2.03 bits per heavy atom. The number of ether oxygens (including phenoxy) is 1. The smallest absolute Gasteiger partial charge is 0.248 e. The maximum Gasteiger partial charge on any atom is 0.248 e. The molecule has 2 heterocycles. The Kier molecular flexibility index (Phi) is 5.35. The third-order valence-electron chi connectivity index (χ3n) is 5.11. The molecule has 4 rings (SSSR count). The Hall–Kier alpha value is -3.12. The number of aryl methyl sites for hydroxylation is 3. The molecule has 0 unspecified atom stereocenters. The lowest BCUT2D eigenvalue weighted by atomic mass is 10.0. The van der Waals surface area contributed by atoms with Crippen molar-refractivity contribution in [1.82, 2.24) is 4.98 Å². The number of benzene rings is 2. The highest BCUT2D eigenvalue weighted by atomic mass is 32.1. The second kappa shape index (κ2) is 7.95. The summed E-state index contributed by atoms with van der Waals surface area (Å²) in [5.74, 6) is 1.40. The third-order valence-corrected chi connectivity index (χ3v) is 6.06. The molecule has 1 amide bonds. The molecule has 0 saturated carbocycles. The number of aromatic nitrogens is 1. The van der Waals surface area contributed by atoms with Crippen LogP contribution >= 0.6 is 11.3 Å². The number of furan rings is 1. The molecule has 5 nitrogen and oxygen atoms in total. The lowest BCUT2D eigenvalue weighted by Crippen LogP contribution is -2.08. The normalized spacial score (nSPS) is 12.0. The summed E-state index contributed by atoms with van der Waals surface area (Å²) in [6, 6.07) is 9.72. The fourth-order valence-corrected chi connectivity index (χ4v) is 4.33. The van der Waals surface area contributed by atoms with Crippen molar-refractivity contribution in [3.63, 3.8) is 0 Å². The quantitative estimate of drug-likeness (QED) is 0.379. The average Bonchev–Trinajstić information content (AvgIpc) is 3.19. The fraction of sp³-hybridized carbons (Fsp3) is 0.250. The highest BCUT2D eigenvalue weighted by Gasteiger charge is 2.15. The van der Waals surface area contributed by atoms with E-state index in [0.717, 1.165) is 54.3 Å². The molecule has 0 aliphatic rings. The van der Waals surface area contributed by atoms with Gasteiger partial charge in [0, 0.05) is 28.8 Å². The molecule has 0 bridgehead atoms. The van der Waals surface area contributed by atoms with Gasteiger partial charge in [-0.2, -0.15) is 0 Å². The first-order valence-corrected chi connectivity index (χ1v) is 10.7. The first kappa shape index (κ1) is 20.2. The number of thiazole rings is 1. The maximum absolute atomic E-state index is 12.7. The largest absolute Gasteiger partial charge is 0.493 e. The topological polar surface area (TPSA) is 64.4 Å². The van der Waals surface area contributed by atoms with Crippen molar-refractivity contribution in [1.29, 1.82) is 0 Å². The van der Waals surface area contributed by atoms with Gasteiger partial charge in [-0.25, -0.2) is 4.98 Å². The molecule has 0 radical (unpaired) electrons. The van der Waals surface area contributed by atoms with E-state index in [1.807, 2.05) is 65.0 Å². The van der Waals surface area contributed by atoms with E-state index >= 15 is 0 Å². The number of nitrogens with zero attached hydrogens (tertiary/aromatic N) is 1. The minimum Gasteiger partial charge on any atom is -0.493 e. The van der Waals surface area contributed by atoms with Gasteiger partial charge in [0.1, 0.15) is 17.1 Å². The van der Waals surface area contributed by atoms with Crippen molar-refractivity contribution < 1.29 is 13.9 Å². The zero-order valence-electron chi connectivity index (χ0n) is 17.8. The van der Waals surface area contributed by atoms with Gasteiger partial charge in [-0.1, -0.05) is 0 Å². The second-order valence-corrected chi connectivity index (χ2v) is 8.53. The van der Waals surface area contributed by atoms with Gasteiger partial charge in [0.2, 0.25) is 5.91 Å². The Morgan fingerprint density at radius 1 is 1.23 bits per heavy atom. The molecular formula is C24H24N2O3S. The van der Waals surface area contributed by atoms with Gasteiger partial charge in [0.15, 0.2) is 0 Å². The highest BCUT2D eigenvalue weighted by Crippen LogP contribution is 2.35. The molecular weight excluding hydrogens is 396 g/mol. The molecule has 0 atom stereocenters.